The lowest BCUT2D eigenvalue weighted by Crippen LogP contribution is -1.99. The van der Waals surface area contributed by atoms with Crippen molar-refractivity contribution in [2.24, 2.45) is 0 Å². The fourth-order valence-corrected chi connectivity index (χ4v) is 1.73. The maximum absolute atomic E-state index is 4.29. The predicted octanol–water partition coefficient (Wildman–Crippen LogP) is 3.63. The van der Waals surface area contributed by atoms with Crippen LogP contribution in [0, 0.1) is 0 Å². The van der Waals surface area contributed by atoms with Gasteiger partial charge in [0.1, 0.15) is 5.03 Å². The minimum absolute atomic E-state index is 0.637. The summed E-state index contributed by atoms with van der Waals surface area (Å²) in [5.41, 5.74) is 2.92. The molecule has 1 aromatic heterocycles. The van der Waals surface area contributed by atoms with Gasteiger partial charge in [-0.2, -0.15) is 0 Å². The van der Waals surface area contributed by atoms with Gasteiger partial charge in [0.25, 0.3) is 0 Å². The van der Waals surface area contributed by atoms with Crippen LogP contribution in [-0.4, -0.2) is 9.97 Å². The Labute approximate surface area is 112 Å². The van der Waals surface area contributed by atoms with Crippen molar-refractivity contribution in [2.45, 2.75) is 18.4 Å². The van der Waals surface area contributed by atoms with Gasteiger partial charge in [0.05, 0.1) is 5.69 Å². The summed E-state index contributed by atoms with van der Waals surface area (Å²) in [6.07, 6.45) is 6.16. The fourth-order valence-electron chi connectivity index (χ4n) is 1.54. The van der Waals surface area contributed by atoms with E-state index in [-0.39, 0.29) is 0 Å². The Morgan fingerprint density at radius 2 is 1.94 bits per heavy atom. The van der Waals surface area contributed by atoms with Gasteiger partial charge in [0.2, 0.25) is 0 Å². The fraction of sp³-hybridized carbons (Fsp3) is 0.143. The highest BCUT2D eigenvalue weighted by Gasteiger charge is 2.00. The average Bonchev–Trinajstić information content (AvgIpc) is 2.41. The Hall–Kier alpha value is -1.81. The van der Waals surface area contributed by atoms with E-state index in [2.05, 4.69) is 34.8 Å². The second kappa shape index (κ2) is 6.21. The van der Waals surface area contributed by atoms with E-state index in [0.29, 0.717) is 5.03 Å². The van der Waals surface area contributed by atoms with Crippen LogP contribution >= 0.6 is 12.6 Å². The van der Waals surface area contributed by atoms with Gasteiger partial charge in [-0.3, -0.25) is 4.98 Å². The number of rotatable bonds is 4. The Morgan fingerprint density at radius 1 is 1.22 bits per heavy atom. The van der Waals surface area contributed by atoms with Crippen LogP contribution in [0.5, 0.6) is 0 Å². The van der Waals surface area contributed by atoms with Gasteiger partial charge >= 0.3 is 0 Å². The van der Waals surface area contributed by atoms with Gasteiger partial charge in [-0.25, -0.2) is 4.98 Å². The van der Waals surface area contributed by atoms with Gasteiger partial charge in [-0.15, -0.1) is 12.6 Å². The molecule has 0 amide bonds. The first kappa shape index (κ1) is 12.6. The first-order chi connectivity index (χ1) is 8.79. The van der Waals surface area contributed by atoms with E-state index in [9.17, 15) is 0 Å². The van der Waals surface area contributed by atoms with Crippen molar-refractivity contribution in [1.82, 2.24) is 9.97 Å². The zero-order valence-corrected chi connectivity index (χ0v) is 11.1. The molecule has 0 fully saturated rings. The first-order valence-corrected chi connectivity index (χ1v) is 6.27. The van der Waals surface area contributed by atoms with Crippen LogP contribution in [0.25, 0.3) is 6.08 Å². The van der Waals surface area contributed by atoms with Crippen LogP contribution in [0.3, 0.4) is 0 Å². The van der Waals surface area contributed by atoms with Crippen LogP contribution in [0.15, 0.2) is 53.4 Å². The van der Waals surface area contributed by atoms with E-state index in [1.807, 2.05) is 36.4 Å². The minimum Gasteiger partial charge on any atom is -0.359 e. The lowest BCUT2D eigenvalue weighted by Gasteiger charge is -2.09. The summed E-state index contributed by atoms with van der Waals surface area (Å²) in [7, 11) is 0. The van der Waals surface area contributed by atoms with Gasteiger partial charge in [-0.1, -0.05) is 25.1 Å². The molecule has 0 bridgehead atoms. The van der Waals surface area contributed by atoms with Gasteiger partial charge in [0.15, 0.2) is 0 Å². The third-order valence-electron chi connectivity index (χ3n) is 2.48. The molecule has 0 saturated heterocycles. The molecule has 18 heavy (non-hydrogen) atoms. The number of hydrogen-bond acceptors (Lipinski definition) is 4. The Morgan fingerprint density at radius 3 is 2.61 bits per heavy atom. The zero-order chi connectivity index (χ0) is 12.8. The molecule has 0 spiro atoms. The molecule has 0 radical (unpaired) electrons. The molecule has 1 N–H and O–H groups in total. The van der Waals surface area contributed by atoms with Crippen molar-refractivity contribution in [3.63, 3.8) is 0 Å². The second-order valence-electron chi connectivity index (χ2n) is 3.78. The molecule has 0 aliphatic rings. The lowest BCUT2D eigenvalue weighted by atomic mass is 10.2. The van der Waals surface area contributed by atoms with E-state index < -0.39 is 0 Å². The first-order valence-electron chi connectivity index (χ1n) is 5.82. The molecule has 0 aliphatic heterocycles. The number of nitrogens with one attached hydrogen (secondary N) is 1. The molecule has 0 unspecified atom stereocenters. The molecule has 1 heterocycles. The number of hydrogen-bond donors (Lipinski definition) is 2. The number of allylic oxidation sites excluding steroid dienone is 1. The van der Waals surface area contributed by atoms with Crippen LogP contribution in [-0.2, 0) is 0 Å². The predicted molar refractivity (Wildman–Crippen MR) is 77.6 cm³/mol. The quantitative estimate of drug-likeness (QED) is 0.821. The molecule has 4 heteroatoms. The summed E-state index contributed by atoms with van der Waals surface area (Å²) in [6, 6.07) is 10.1. The Bertz CT molecular complexity index is 538. The minimum atomic E-state index is 0.637. The average molecular weight is 257 g/mol. The highest BCUT2D eigenvalue weighted by Crippen LogP contribution is 2.16. The second-order valence-corrected chi connectivity index (χ2v) is 4.20. The number of thiol groups is 1. The van der Waals surface area contributed by atoms with Crippen molar-refractivity contribution in [1.29, 1.82) is 0 Å². The number of para-hydroxylation sites is 1. The molecular weight excluding hydrogens is 242 g/mol. The molecular formula is C14H15N3S. The number of benzene rings is 1. The number of aromatic nitrogens is 2. The van der Waals surface area contributed by atoms with Crippen LogP contribution < -0.4 is 5.32 Å². The highest BCUT2D eigenvalue weighted by molar-refractivity contribution is 7.80. The molecule has 0 atom stereocenters. The van der Waals surface area contributed by atoms with Gasteiger partial charge < -0.3 is 5.32 Å². The summed E-state index contributed by atoms with van der Waals surface area (Å²) in [4.78, 5) is 8.36. The Kier molecular flexibility index (Phi) is 4.36. The van der Waals surface area contributed by atoms with E-state index in [1.54, 1.807) is 12.4 Å². The van der Waals surface area contributed by atoms with E-state index in [0.717, 1.165) is 23.5 Å². The molecule has 2 aromatic rings. The Balaban J connectivity index is 2.21. The summed E-state index contributed by atoms with van der Waals surface area (Å²) in [5.74, 6) is 0. The third kappa shape index (κ3) is 3.34. The van der Waals surface area contributed by atoms with Crippen molar-refractivity contribution in [3.05, 3.63) is 54.1 Å². The monoisotopic (exact) mass is 257 g/mol. The smallest absolute Gasteiger partial charge is 0.119 e. The van der Waals surface area contributed by atoms with E-state index in [1.165, 1.54) is 0 Å². The number of nitrogens with zero attached hydrogens (tertiary/aromatic N) is 2. The van der Waals surface area contributed by atoms with Crippen molar-refractivity contribution in [3.8, 4) is 0 Å². The van der Waals surface area contributed by atoms with Gasteiger partial charge in [0, 0.05) is 23.8 Å². The number of anilines is 1. The molecule has 2 rings (SSSR count). The summed E-state index contributed by atoms with van der Waals surface area (Å²) in [5, 5.41) is 4.00. The highest BCUT2D eigenvalue weighted by atomic mass is 32.1. The van der Waals surface area contributed by atoms with Gasteiger partial charge in [-0.05, 0) is 24.6 Å². The SMILES string of the molecule is CC/C(=C/c1nccnc1S)Nc1ccccc1. The zero-order valence-electron chi connectivity index (χ0n) is 10.2. The van der Waals surface area contributed by atoms with Crippen molar-refractivity contribution >= 4 is 24.4 Å². The van der Waals surface area contributed by atoms with Crippen LogP contribution in [0.2, 0.25) is 0 Å². The molecule has 3 nitrogen and oxygen atoms in total. The normalized spacial score (nSPS) is 11.3. The lowest BCUT2D eigenvalue weighted by molar-refractivity contribution is 1.03. The van der Waals surface area contributed by atoms with E-state index in [4.69, 9.17) is 0 Å². The largest absolute Gasteiger partial charge is 0.359 e. The maximum Gasteiger partial charge on any atom is 0.119 e. The van der Waals surface area contributed by atoms with Crippen molar-refractivity contribution < 1.29 is 0 Å². The molecule has 0 saturated carbocycles. The standard InChI is InChI=1S/C14H15N3S/c1-2-11(17-12-6-4-3-5-7-12)10-13-14(18)16-9-8-15-13/h3-10,17H,2H2,1H3,(H,16,18)/b11-10-. The molecule has 0 aliphatic carbocycles. The maximum atomic E-state index is 4.29. The summed E-state index contributed by atoms with van der Waals surface area (Å²) < 4.78 is 0. The third-order valence-corrected chi connectivity index (χ3v) is 2.82. The summed E-state index contributed by atoms with van der Waals surface area (Å²) in [6.45, 7) is 2.09. The van der Waals surface area contributed by atoms with E-state index >= 15 is 0 Å². The summed E-state index contributed by atoms with van der Waals surface area (Å²) >= 11 is 4.29. The van der Waals surface area contributed by atoms with Crippen molar-refractivity contribution in [2.75, 3.05) is 5.32 Å². The van der Waals surface area contributed by atoms with Crippen LogP contribution in [0.1, 0.15) is 19.0 Å². The topological polar surface area (TPSA) is 37.8 Å². The van der Waals surface area contributed by atoms with Crippen LogP contribution in [0.4, 0.5) is 5.69 Å². The molecule has 1 aromatic carbocycles. The molecule has 92 valence electrons.